The molecule has 1 aromatic heterocycles. The summed E-state index contributed by atoms with van der Waals surface area (Å²) in [4.78, 5) is 9.05. The highest BCUT2D eigenvalue weighted by Gasteiger charge is 2.53. The summed E-state index contributed by atoms with van der Waals surface area (Å²) in [6, 6.07) is 8.29. The molecular weight excluding hydrogens is 379 g/mol. The first-order chi connectivity index (χ1) is 13.7. The Balaban J connectivity index is 1.47. The molecule has 1 aliphatic heterocycles. The van der Waals surface area contributed by atoms with Crippen molar-refractivity contribution in [2.75, 3.05) is 18.1 Å². The zero-order valence-corrected chi connectivity index (χ0v) is 16.7. The molecular formula is C22H26F3N3O. The van der Waals surface area contributed by atoms with Crippen LogP contribution in [0.4, 0.5) is 18.9 Å². The van der Waals surface area contributed by atoms with Crippen molar-refractivity contribution in [2.45, 2.75) is 51.6 Å². The number of rotatable bonds is 6. The van der Waals surface area contributed by atoms with E-state index in [2.05, 4.69) is 39.4 Å². The SMILES string of the molecule is CC(C)Cc1cnccc1CN1CN(c2ccc(OC(F)(F)F)cc2)CC12CC2. The quantitative estimate of drug-likeness (QED) is 0.677. The normalized spacial score (nSPS) is 18.6. The molecule has 4 rings (SSSR count). The van der Waals surface area contributed by atoms with Gasteiger partial charge in [-0.2, -0.15) is 0 Å². The van der Waals surface area contributed by atoms with Crippen molar-refractivity contribution >= 4 is 5.69 Å². The Kier molecular flexibility index (Phi) is 5.19. The van der Waals surface area contributed by atoms with Gasteiger partial charge in [-0.15, -0.1) is 13.2 Å². The summed E-state index contributed by atoms with van der Waals surface area (Å²) >= 11 is 0. The van der Waals surface area contributed by atoms with E-state index >= 15 is 0 Å². The van der Waals surface area contributed by atoms with Crippen molar-refractivity contribution < 1.29 is 17.9 Å². The fraction of sp³-hybridized carbons (Fsp3) is 0.500. The van der Waals surface area contributed by atoms with Crippen LogP contribution in [0.3, 0.4) is 0 Å². The fourth-order valence-corrected chi connectivity index (χ4v) is 4.17. The van der Waals surface area contributed by atoms with Crippen molar-refractivity contribution in [3.05, 3.63) is 53.9 Å². The molecule has 2 fully saturated rings. The molecule has 0 atom stereocenters. The third kappa shape index (κ3) is 4.66. The zero-order chi connectivity index (χ0) is 20.6. The molecule has 1 aromatic carbocycles. The Morgan fingerprint density at radius 3 is 2.45 bits per heavy atom. The second-order valence-electron chi connectivity index (χ2n) is 8.55. The Labute approximate surface area is 169 Å². The topological polar surface area (TPSA) is 28.6 Å². The number of aromatic nitrogens is 1. The van der Waals surface area contributed by atoms with Gasteiger partial charge in [0.05, 0.1) is 6.67 Å². The molecule has 1 saturated heterocycles. The zero-order valence-electron chi connectivity index (χ0n) is 16.7. The molecule has 2 aliphatic rings. The van der Waals surface area contributed by atoms with Crippen LogP contribution in [0.2, 0.25) is 0 Å². The second-order valence-corrected chi connectivity index (χ2v) is 8.55. The lowest BCUT2D eigenvalue weighted by molar-refractivity contribution is -0.274. The first-order valence-electron chi connectivity index (χ1n) is 10.0. The molecule has 0 bridgehead atoms. The molecule has 156 valence electrons. The van der Waals surface area contributed by atoms with Gasteiger partial charge in [0, 0.05) is 36.7 Å². The molecule has 0 unspecified atom stereocenters. The van der Waals surface area contributed by atoms with E-state index in [9.17, 15) is 13.2 Å². The Morgan fingerprint density at radius 2 is 1.83 bits per heavy atom. The molecule has 7 heteroatoms. The number of hydrogen-bond donors (Lipinski definition) is 0. The van der Waals surface area contributed by atoms with Crippen molar-refractivity contribution in [2.24, 2.45) is 5.92 Å². The average molecular weight is 405 g/mol. The fourth-order valence-electron chi connectivity index (χ4n) is 4.17. The molecule has 1 aliphatic carbocycles. The average Bonchev–Trinajstić information content (AvgIpc) is 3.32. The first kappa shape index (κ1) is 20.0. The number of anilines is 1. The minimum Gasteiger partial charge on any atom is -0.406 e. The summed E-state index contributed by atoms with van der Waals surface area (Å²) in [6.45, 7) is 6.96. The van der Waals surface area contributed by atoms with Gasteiger partial charge in [-0.05, 0) is 66.6 Å². The van der Waals surface area contributed by atoms with Crippen LogP contribution in [-0.4, -0.2) is 35.0 Å². The van der Waals surface area contributed by atoms with Gasteiger partial charge < -0.3 is 9.64 Å². The van der Waals surface area contributed by atoms with E-state index in [1.807, 2.05) is 12.4 Å². The summed E-state index contributed by atoms with van der Waals surface area (Å²) in [6.07, 6.45) is 2.48. The van der Waals surface area contributed by atoms with Gasteiger partial charge in [-0.25, -0.2) is 0 Å². The molecule has 2 aromatic rings. The highest BCUT2D eigenvalue weighted by atomic mass is 19.4. The minimum absolute atomic E-state index is 0.180. The van der Waals surface area contributed by atoms with Gasteiger partial charge in [-0.1, -0.05) is 13.8 Å². The van der Waals surface area contributed by atoms with Crippen LogP contribution >= 0.6 is 0 Å². The lowest BCUT2D eigenvalue weighted by atomic mass is 9.99. The number of benzene rings is 1. The van der Waals surface area contributed by atoms with Crippen molar-refractivity contribution in [1.29, 1.82) is 0 Å². The van der Waals surface area contributed by atoms with Crippen LogP contribution in [0, 0.1) is 5.92 Å². The van der Waals surface area contributed by atoms with E-state index in [0.717, 1.165) is 44.7 Å². The third-order valence-corrected chi connectivity index (χ3v) is 5.75. The van der Waals surface area contributed by atoms with Gasteiger partial charge in [-0.3, -0.25) is 9.88 Å². The maximum atomic E-state index is 12.4. The van der Waals surface area contributed by atoms with E-state index < -0.39 is 6.36 Å². The van der Waals surface area contributed by atoms with Crippen LogP contribution in [0.15, 0.2) is 42.7 Å². The van der Waals surface area contributed by atoms with Gasteiger partial charge in [0.2, 0.25) is 0 Å². The van der Waals surface area contributed by atoms with Crippen LogP contribution in [0.5, 0.6) is 5.75 Å². The number of ether oxygens (including phenoxy) is 1. The number of hydrogen-bond acceptors (Lipinski definition) is 4. The Morgan fingerprint density at radius 1 is 1.10 bits per heavy atom. The minimum atomic E-state index is -4.66. The highest BCUT2D eigenvalue weighted by Crippen LogP contribution is 2.48. The number of alkyl halides is 3. The first-order valence-corrected chi connectivity index (χ1v) is 10.0. The molecule has 4 nitrogen and oxygen atoms in total. The maximum absolute atomic E-state index is 12.4. The molecule has 0 N–H and O–H groups in total. The maximum Gasteiger partial charge on any atom is 0.573 e. The summed E-state index contributed by atoms with van der Waals surface area (Å²) in [5.41, 5.74) is 3.71. The lowest BCUT2D eigenvalue weighted by Crippen LogP contribution is -2.32. The monoisotopic (exact) mass is 405 g/mol. The van der Waals surface area contributed by atoms with Gasteiger partial charge >= 0.3 is 6.36 Å². The van der Waals surface area contributed by atoms with Crippen molar-refractivity contribution in [3.63, 3.8) is 0 Å². The third-order valence-electron chi connectivity index (χ3n) is 5.75. The predicted octanol–water partition coefficient (Wildman–Crippen LogP) is 4.99. The van der Waals surface area contributed by atoms with Gasteiger partial charge in [0.25, 0.3) is 0 Å². The number of pyridine rings is 1. The predicted molar refractivity (Wildman–Crippen MR) is 106 cm³/mol. The number of halogens is 3. The molecule has 29 heavy (non-hydrogen) atoms. The second kappa shape index (κ2) is 7.52. The van der Waals surface area contributed by atoms with Crippen LogP contribution in [0.1, 0.15) is 37.8 Å². The molecule has 1 spiro atoms. The molecule has 1 saturated carbocycles. The van der Waals surface area contributed by atoms with E-state index in [1.165, 1.54) is 23.3 Å². The summed E-state index contributed by atoms with van der Waals surface area (Å²) in [5.74, 6) is 0.383. The molecule has 0 amide bonds. The largest absolute Gasteiger partial charge is 0.573 e. The summed E-state index contributed by atoms with van der Waals surface area (Å²) in [5, 5.41) is 0. The van der Waals surface area contributed by atoms with E-state index in [1.54, 1.807) is 12.1 Å². The van der Waals surface area contributed by atoms with Crippen LogP contribution in [0.25, 0.3) is 0 Å². The molecule has 2 heterocycles. The smallest absolute Gasteiger partial charge is 0.406 e. The Bertz CT molecular complexity index is 847. The molecule has 0 radical (unpaired) electrons. The van der Waals surface area contributed by atoms with E-state index in [0.29, 0.717) is 5.92 Å². The van der Waals surface area contributed by atoms with Crippen LogP contribution < -0.4 is 9.64 Å². The lowest BCUT2D eigenvalue weighted by Gasteiger charge is -2.24. The van der Waals surface area contributed by atoms with E-state index in [-0.39, 0.29) is 11.3 Å². The van der Waals surface area contributed by atoms with Crippen molar-refractivity contribution in [1.82, 2.24) is 9.88 Å². The van der Waals surface area contributed by atoms with Gasteiger partial charge in [0.1, 0.15) is 5.75 Å². The van der Waals surface area contributed by atoms with E-state index in [4.69, 9.17) is 0 Å². The highest BCUT2D eigenvalue weighted by molar-refractivity contribution is 5.51. The van der Waals surface area contributed by atoms with Crippen LogP contribution in [-0.2, 0) is 13.0 Å². The summed E-state index contributed by atoms with van der Waals surface area (Å²) < 4.78 is 41.1. The summed E-state index contributed by atoms with van der Waals surface area (Å²) in [7, 11) is 0. The Hall–Kier alpha value is -2.28. The van der Waals surface area contributed by atoms with Crippen molar-refractivity contribution in [3.8, 4) is 5.75 Å². The number of nitrogens with zero attached hydrogens (tertiary/aromatic N) is 3. The van der Waals surface area contributed by atoms with Gasteiger partial charge in [0.15, 0.2) is 0 Å². The standard InChI is InChI=1S/C22H26F3N3O/c1-16(2)11-18-12-26-10-7-17(18)13-28-15-27(14-21(28)8-9-21)19-3-5-20(6-4-19)29-22(23,24)25/h3-7,10,12,16H,8-9,11,13-15H2,1-2H3.